The van der Waals surface area contributed by atoms with Crippen molar-refractivity contribution >= 4 is 11.6 Å². The number of methoxy groups -OCH3 is 1. The van der Waals surface area contributed by atoms with Crippen LogP contribution in [0.3, 0.4) is 0 Å². The third-order valence-corrected chi connectivity index (χ3v) is 3.80. The van der Waals surface area contributed by atoms with E-state index in [0.717, 1.165) is 18.6 Å². The molecule has 0 aliphatic heterocycles. The van der Waals surface area contributed by atoms with Crippen LogP contribution < -0.4 is 10.1 Å². The molecular formula is C17H20ClNO. The molecule has 1 unspecified atom stereocenters. The Morgan fingerprint density at radius 3 is 2.55 bits per heavy atom. The fourth-order valence-corrected chi connectivity index (χ4v) is 2.53. The van der Waals surface area contributed by atoms with Crippen molar-refractivity contribution in [3.05, 3.63) is 64.7 Å². The first-order valence-corrected chi connectivity index (χ1v) is 7.17. The molecule has 1 N–H and O–H groups in total. The highest BCUT2D eigenvalue weighted by molar-refractivity contribution is 6.32. The standard InChI is InChI=1S/C17H20ClNO/c1-19-16(14-6-4-3-5-7-14)11-9-13-8-10-15(18)17(12-13)20-2/h3-8,10,12,16,19H,9,11H2,1-2H3. The maximum Gasteiger partial charge on any atom is 0.137 e. The first-order valence-electron chi connectivity index (χ1n) is 6.79. The van der Waals surface area contributed by atoms with E-state index >= 15 is 0 Å². The summed E-state index contributed by atoms with van der Waals surface area (Å²) in [6.45, 7) is 0. The van der Waals surface area contributed by atoms with E-state index in [1.165, 1.54) is 11.1 Å². The second-order valence-corrected chi connectivity index (χ2v) is 5.17. The van der Waals surface area contributed by atoms with E-state index < -0.39 is 0 Å². The van der Waals surface area contributed by atoms with E-state index in [2.05, 4.69) is 35.6 Å². The Hall–Kier alpha value is -1.51. The van der Waals surface area contributed by atoms with Gasteiger partial charge < -0.3 is 10.1 Å². The molecule has 0 saturated carbocycles. The number of hydrogen-bond acceptors (Lipinski definition) is 2. The van der Waals surface area contributed by atoms with Gasteiger partial charge in [0.1, 0.15) is 5.75 Å². The van der Waals surface area contributed by atoms with Crippen LogP contribution in [0.5, 0.6) is 5.75 Å². The van der Waals surface area contributed by atoms with Crippen molar-refractivity contribution in [3.63, 3.8) is 0 Å². The van der Waals surface area contributed by atoms with Crippen LogP contribution in [0.15, 0.2) is 48.5 Å². The lowest BCUT2D eigenvalue weighted by atomic mass is 9.99. The van der Waals surface area contributed by atoms with Crippen LogP contribution in [0.4, 0.5) is 0 Å². The molecule has 3 heteroatoms. The lowest BCUT2D eigenvalue weighted by Gasteiger charge is -2.17. The Morgan fingerprint density at radius 1 is 1.15 bits per heavy atom. The van der Waals surface area contributed by atoms with Crippen molar-refractivity contribution in [2.45, 2.75) is 18.9 Å². The van der Waals surface area contributed by atoms with Gasteiger partial charge in [0.2, 0.25) is 0 Å². The van der Waals surface area contributed by atoms with Gasteiger partial charge in [0.05, 0.1) is 12.1 Å². The smallest absolute Gasteiger partial charge is 0.137 e. The number of ether oxygens (including phenoxy) is 1. The Labute approximate surface area is 125 Å². The summed E-state index contributed by atoms with van der Waals surface area (Å²) < 4.78 is 5.26. The molecule has 2 nitrogen and oxygen atoms in total. The summed E-state index contributed by atoms with van der Waals surface area (Å²) in [7, 11) is 3.64. The van der Waals surface area contributed by atoms with Crippen molar-refractivity contribution in [1.29, 1.82) is 0 Å². The van der Waals surface area contributed by atoms with Crippen LogP contribution in [0.25, 0.3) is 0 Å². The molecule has 0 saturated heterocycles. The highest BCUT2D eigenvalue weighted by Gasteiger charge is 2.09. The molecule has 0 radical (unpaired) electrons. The van der Waals surface area contributed by atoms with E-state index in [9.17, 15) is 0 Å². The van der Waals surface area contributed by atoms with E-state index in [0.29, 0.717) is 11.1 Å². The highest BCUT2D eigenvalue weighted by atomic mass is 35.5. The van der Waals surface area contributed by atoms with Gasteiger partial charge >= 0.3 is 0 Å². The maximum atomic E-state index is 6.04. The van der Waals surface area contributed by atoms with Crippen molar-refractivity contribution in [2.24, 2.45) is 0 Å². The van der Waals surface area contributed by atoms with Gasteiger partial charge in [-0.15, -0.1) is 0 Å². The molecule has 0 heterocycles. The van der Waals surface area contributed by atoms with Gasteiger partial charge in [-0.1, -0.05) is 48.0 Å². The van der Waals surface area contributed by atoms with Crippen LogP contribution in [0.2, 0.25) is 5.02 Å². The molecule has 0 amide bonds. The first kappa shape index (κ1) is 14.9. The molecule has 0 aliphatic carbocycles. The van der Waals surface area contributed by atoms with Crippen LogP contribution in [0.1, 0.15) is 23.6 Å². The quantitative estimate of drug-likeness (QED) is 0.859. The Kier molecular flexibility index (Phi) is 5.45. The Morgan fingerprint density at radius 2 is 1.90 bits per heavy atom. The topological polar surface area (TPSA) is 21.3 Å². The summed E-state index contributed by atoms with van der Waals surface area (Å²) in [6, 6.07) is 16.8. The molecule has 0 aromatic heterocycles. The Balaban J connectivity index is 2.03. The van der Waals surface area contributed by atoms with Crippen LogP contribution >= 0.6 is 11.6 Å². The second-order valence-electron chi connectivity index (χ2n) is 4.76. The van der Waals surface area contributed by atoms with E-state index in [4.69, 9.17) is 16.3 Å². The zero-order valence-electron chi connectivity index (χ0n) is 11.9. The summed E-state index contributed by atoms with van der Waals surface area (Å²) >= 11 is 6.04. The van der Waals surface area contributed by atoms with Gasteiger partial charge in [0, 0.05) is 6.04 Å². The number of nitrogens with one attached hydrogen (secondary N) is 1. The number of hydrogen-bond donors (Lipinski definition) is 1. The lowest BCUT2D eigenvalue weighted by Crippen LogP contribution is -2.17. The first-order chi connectivity index (χ1) is 9.74. The third-order valence-electron chi connectivity index (χ3n) is 3.49. The summed E-state index contributed by atoms with van der Waals surface area (Å²) in [5.41, 5.74) is 2.55. The zero-order chi connectivity index (χ0) is 14.4. The van der Waals surface area contributed by atoms with Gasteiger partial charge in [-0.25, -0.2) is 0 Å². The molecule has 106 valence electrons. The largest absolute Gasteiger partial charge is 0.495 e. The lowest BCUT2D eigenvalue weighted by molar-refractivity contribution is 0.414. The van der Waals surface area contributed by atoms with Gasteiger partial charge in [-0.2, -0.15) is 0 Å². The van der Waals surface area contributed by atoms with Crippen LogP contribution in [-0.2, 0) is 6.42 Å². The summed E-state index contributed by atoms with van der Waals surface area (Å²) in [6.07, 6.45) is 2.01. The molecule has 20 heavy (non-hydrogen) atoms. The fraction of sp³-hybridized carbons (Fsp3) is 0.294. The van der Waals surface area contributed by atoms with Gasteiger partial charge in [-0.3, -0.25) is 0 Å². The molecule has 0 spiro atoms. The molecule has 2 rings (SSSR count). The molecule has 1 atom stereocenters. The molecule has 0 bridgehead atoms. The number of benzene rings is 2. The van der Waals surface area contributed by atoms with Crippen molar-refractivity contribution in [3.8, 4) is 5.75 Å². The minimum Gasteiger partial charge on any atom is -0.495 e. The normalized spacial score (nSPS) is 12.2. The number of halogens is 1. The van der Waals surface area contributed by atoms with E-state index in [1.54, 1.807) is 7.11 Å². The number of rotatable bonds is 6. The monoisotopic (exact) mass is 289 g/mol. The minimum absolute atomic E-state index is 0.359. The summed E-state index contributed by atoms with van der Waals surface area (Å²) in [4.78, 5) is 0. The zero-order valence-corrected chi connectivity index (χ0v) is 12.7. The second kappa shape index (κ2) is 7.32. The molecular weight excluding hydrogens is 270 g/mol. The summed E-state index contributed by atoms with van der Waals surface area (Å²) in [5, 5.41) is 4.03. The van der Waals surface area contributed by atoms with Gasteiger partial charge in [-0.05, 0) is 43.1 Å². The van der Waals surface area contributed by atoms with Gasteiger partial charge in [0.15, 0.2) is 0 Å². The van der Waals surface area contributed by atoms with E-state index in [-0.39, 0.29) is 0 Å². The predicted octanol–water partition coefficient (Wildman–Crippen LogP) is 4.24. The molecule has 0 aliphatic rings. The van der Waals surface area contributed by atoms with Crippen LogP contribution in [-0.4, -0.2) is 14.2 Å². The third kappa shape index (κ3) is 3.75. The highest BCUT2D eigenvalue weighted by Crippen LogP contribution is 2.26. The summed E-state index contributed by atoms with van der Waals surface area (Å²) in [5.74, 6) is 0.741. The van der Waals surface area contributed by atoms with Crippen LogP contribution in [0, 0.1) is 0 Å². The van der Waals surface area contributed by atoms with Gasteiger partial charge in [0.25, 0.3) is 0 Å². The average Bonchev–Trinajstić information content (AvgIpc) is 2.50. The molecule has 2 aromatic carbocycles. The predicted molar refractivity (Wildman–Crippen MR) is 84.6 cm³/mol. The van der Waals surface area contributed by atoms with Crippen molar-refractivity contribution in [2.75, 3.05) is 14.2 Å². The Bertz CT molecular complexity index is 542. The van der Waals surface area contributed by atoms with Crippen molar-refractivity contribution < 1.29 is 4.74 Å². The maximum absolute atomic E-state index is 6.04. The fourth-order valence-electron chi connectivity index (χ4n) is 2.33. The SMILES string of the molecule is CNC(CCc1ccc(Cl)c(OC)c1)c1ccccc1. The minimum atomic E-state index is 0.359. The van der Waals surface area contributed by atoms with E-state index in [1.807, 2.05) is 25.2 Å². The molecule has 0 fully saturated rings. The average molecular weight is 290 g/mol. The van der Waals surface area contributed by atoms with Crippen molar-refractivity contribution in [1.82, 2.24) is 5.32 Å². The number of aryl methyl sites for hydroxylation is 1. The molecule has 2 aromatic rings.